The van der Waals surface area contributed by atoms with Crippen LogP contribution in [0.5, 0.6) is 0 Å². The zero-order valence-corrected chi connectivity index (χ0v) is 19.7. The van der Waals surface area contributed by atoms with Crippen LogP contribution in [-0.2, 0) is 10.2 Å². The predicted molar refractivity (Wildman–Crippen MR) is 123 cm³/mol. The first-order valence-corrected chi connectivity index (χ1v) is 11.8. The second kappa shape index (κ2) is 8.23. The number of carbonyl (C=O) groups is 1. The van der Waals surface area contributed by atoms with Gasteiger partial charge in [0.05, 0.1) is 5.69 Å². The number of ether oxygens (including phenoxy) is 1. The lowest BCUT2D eigenvalue weighted by Gasteiger charge is -2.42. The molecule has 2 heterocycles. The zero-order valence-electron chi connectivity index (χ0n) is 19.7. The van der Waals surface area contributed by atoms with Gasteiger partial charge in [0.25, 0.3) is 0 Å². The van der Waals surface area contributed by atoms with Gasteiger partial charge in [-0.1, -0.05) is 26.0 Å². The molecule has 0 radical (unpaired) electrons. The number of halogens is 1. The number of nitrogens with zero attached hydrogens (tertiary/aromatic N) is 2. The van der Waals surface area contributed by atoms with E-state index in [0.29, 0.717) is 24.3 Å². The summed E-state index contributed by atoms with van der Waals surface area (Å²) in [6, 6.07) is 4.84. The Kier molecular flexibility index (Phi) is 5.93. The summed E-state index contributed by atoms with van der Waals surface area (Å²) in [6.07, 6.45) is 7.52. The quantitative estimate of drug-likeness (QED) is 0.561. The van der Waals surface area contributed by atoms with E-state index >= 15 is 0 Å². The van der Waals surface area contributed by atoms with Crippen LogP contribution in [0.1, 0.15) is 59.4 Å². The molecular formula is C26H37FN2O2. The minimum atomic E-state index is -0.557. The van der Waals surface area contributed by atoms with E-state index in [0.717, 1.165) is 43.7 Å². The Morgan fingerprint density at radius 3 is 2.58 bits per heavy atom. The standard InChI is InChI=1S/C26H37FN2O2/c1-18-6-7-19(2)20(14-18)16-28-12-10-26(11-13-28)17-29(24(30)31-25(3,4)5)23-9-8-21(27)15-22(23)26/h6-9,15,18-20H,10-14,16-17H2,1-5H3/t18-,19+,20-/m0/s1. The Balaban J connectivity index is 1.49. The van der Waals surface area contributed by atoms with E-state index in [1.807, 2.05) is 20.8 Å². The molecule has 3 atom stereocenters. The lowest BCUT2D eigenvalue weighted by Crippen LogP contribution is -2.48. The first-order valence-electron chi connectivity index (χ1n) is 11.8. The third-order valence-corrected chi connectivity index (χ3v) is 7.36. The van der Waals surface area contributed by atoms with Crippen LogP contribution in [0.4, 0.5) is 14.9 Å². The van der Waals surface area contributed by atoms with Crippen LogP contribution < -0.4 is 4.90 Å². The van der Waals surface area contributed by atoms with Crippen molar-refractivity contribution in [2.45, 2.75) is 64.9 Å². The van der Waals surface area contributed by atoms with E-state index in [4.69, 9.17) is 4.74 Å². The van der Waals surface area contributed by atoms with Gasteiger partial charge in [-0.15, -0.1) is 0 Å². The number of amides is 1. The predicted octanol–water partition coefficient (Wildman–Crippen LogP) is 5.76. The summed E-state index contributed by atoms with van der Waals surface area (Å²) in [7, 11) is 0. The molecule has 4 nitrogen and oxygen atoms in total. The molecule has 1 aromatic rings. The summed E-state index contributed by atoms with van der Waals surface area (Å²) < 4.78 is 19.9. The molecule has 1 aliphatic carbocycles. The normalized spacial score (nSPS) is 28.1. The smallest absolute Gasteiger partial charge is 0.414 e. The van der Waals surface area contributed by atoms with Crippen molar-refractivity contribution in [3.63, 3.8) is 0 Å². The van der Waals surface area contributed by atoms with Crippen molar-refractivity contribution >= 4 is 11.8 Å². The summed E-state index contributed by atoms with van der Waals surface area (Å²) in [4.78, 5) is 17.2. The highest BCUT2D eigenvalue weighted by Gasteiger charge is 2.47. The number of carbonyl (C=O) groups excluding carboxylic acids is 1. The number of hydrogen-bond acceptors (Lipinski definition) is 3. The lowest BCUT2D eigenvalue weighted by molar-refractivity contribution is 0.0569. The molecule has 0 bridgehead atoms. The fourth-order valence-electron chi connectivity index (χ4n) is 5.58. The van der Waals surface area contributed by atoms with Crippen LogP contribution >= 0.6 is 0 Å². The van der Waals surface area contributed by atoms with E-state index in [1.54, 1.807) is 17.0 Å². The fourth-order valence-corrected chi connectivity index (χ4v) is 5.58. The number of anilines is 1. The Hall–Kier alpha value is -1.88. The Morgan fingerprint density at radius 1 is 1.19 bits per heavy atom. The topological polar surface area (TPSA) is 32.8 Å². The number of piperidine rings is 1. The molecule has 3 aliphatic rings. The molecule has 1 aromatic carbocycles. The molecule has 5 heteroatoms. The average Bonchev–Trinajstić information content (AvgIpc) is 2.99. The maximum absolute atomic E-state index is 14.2. The van der Waals surface area contributed by atoms with Crippen molar-refractivity contribution in [2.24, 2.45) is 17.8 Å². The highest BCUT2D eigenvalue weighted by atomic mass is 19.1. The molecule has 31 heavy (non-hydrogen) atoms. The van der Waals surface area contributed by atoms with Crippen molar-refractivity contribution in [3.8, 4) is 0 Å². The number of likely N-dealkylation sites (tertiary alicyclic amines) is 1. The van der Waals surface area contributed by atoms with Gasteiger partial charge in [-0.25, -0.2) is 9.18 Å². The summed E-state index contributed by atoms with van der Waals surface area (Å²) in [5.74, 6) is 1.74. The molecule has 1 fully saturated rings. The molecule has 0 saturated carbocycles. The van der Waals surface area contributed by atoms with Crippen LogP contribution in [0.2, 0.25) is 0 Å². The first-order chi connectivity index (χ1) is 14.6. The maximum atomic E-state index is 14.2. The van der Waals surface area contributed by atoms with Crippen molar-refractivity contribution in [1.29, 1.82) is 0 Å². The van der Waals surface area contributed by atoms with E-state index in [9.17, 15) is 9.18 Å². The Bertz CT molecular complexity index is 851. The van der Waals surface area contributed by atoms with Crippen LogP contribution in [-0.4, -0.2) is 42.8 Å². The number of fused-ring (bicyclic) bond motifs is 2. The van der Waals surface area contributed by atoms with Crippen LogP contribution in [0.15, 0.2) is 30.4 Å². The molecule has 2 aliphatic heterocycles. The highest BCUT2D eigenvalue weighted by molar-refractivity contribution is 5.91. The molecule has 0 N–H and O–H groups in total. The van der Waals surface area contributed by atoms with Gasteiger partial charge in [-0.05, 0) is 94.6 Å². The third kappa shape index (κ3) is 4.67. The minimum Gasteiger partial charge on any atom is -0.443 e. The zero-order chi connectivity index (χ0) is 22.4. The van der Waals surface area contributed by atoms with Gasteiger partial charge in [0.15, 0.2) is 0 Å². The van der Waals surface area contributed by atoms with Gasteiger partial charge in [-0.2, -0.15) is 0 Å². The van der Waals surface area contributed by atoms with Crippen LogP contribution in [0, 0.1) is 23.6 Å². The van der Waals surface area contributed by atoms with Crippen molar-refractivity contribution in [3.05, 3.63) is 41.7 Å². The molecule has 0 aromatic heterocycles. The molecular weight excluding hydrogens is 391 g/mol. The van der Waals surface area contributed by atoms with E-state index in [1.165, 1.54) is 12.5 Å². The monoisotopic (exact) mass is 428 g/mol. The Labute approximate surface area is 186 Å². The molecule has 170 valence electrons. The number of allylic oxidation sites excluding steroid dienone is 2. The fraction of sp³-hybridized carbons (Fsp3) is 0.654. The Morgan fingerprint density at radius 2 is 1.90 bits per heavy atom. The molecule has 1 amide bonds. The summed E-state index contributed by atoms with van der Waals surface area (Å²) in [5, 5.41) is 0. The van der Waals surface area contributed by atoms with Crippen molar-refractivity contribution in [1.82, 2.24) is 4.90 Å². The average molecular weight is 429 g/mol. The van der Waals surface area contributed by atoms with Gasteiger partial charge in [0.2, 0.25) is 0 Å². The number of benzene rings is 1. The van der Waals surface area contributed by atoms with Crippen LogP contribution in [0.25, 0.3) is 0 Å². The van der Waals surface area contributed by atoms with Gasteiger partial charge >= 0.3 is 6.09 Å². The molecule has 4 rings (SSSR count). The summed E-state index contributed by atoms with van der Waals surface area (Å²) in [6.45, 7) is 13.9. The second-order valence-electron chi connectivity index (χ2n) is 11.0. The van der Waals surface area contributed by atoms with Crippen molar-refractivity contribution < 1.29 is 13.9 Å². The number of rotatable bonds is 2. The van der Waals surface area contributed by atoms with E-state index in [-0.39, 0.29) is 17.3 Å². The van der Waals surface area contributed by atoms with E-state index in [2.05, 4.69) is 30.9 Å². The largest absolute Gasteiger partial charge is 0.443 e. The number of hydrogen-bond donors (Lipinski definition) is 0. The summed E-state index contributed by atoms with van der Waals surface area (Å²) in [5.41, 5.74) is 1.04. The van der Waals surface area contributed by atoms with Crippen molar-refractivity contribution in [2.75, 3.05) is 31.1 Å². The molecule has 1 spiro atoms. The summed E-state index contributed by atoms with van der Waals surface area (Å²) >= 11 is 0. The van der Waals surface area contributed by atoms with Crippen LogP contribution in [0.3, 0.4) is 0 Å². The first kappa shape index (κ1) is 22.3. The lowest BCUT2D eigenvalue weighted by atomic mass is 9.73. The van der Waals surface area contributed by atoms with Gasteiger partial charge < -0.3 is 9.64 Å². The van der Waals surface area contributed by atoms with Gasteiger partial charge in [0.1, 0.15) is 11.4 Å². The third-order valence-electron chi connectivity index (χ3n) is 7.36. The maximum Gasteiger partial charge on any atom is 0.414 e. The second-order valence-corrected chi connectivity index (χ2v) is 11.0. The molecule has 1 saturated heterocycles. The minimum absolute atomic E-state index is 0.184. The molecule has 0 unspecified atom stereocenters. The van der Waals surface area contributed by atoms with Gasteiger partial charge in [0, 0.05) is 18.5 Å². The van der Waals surface area contributed by atoms with Gasteiger partial charge in [-0.3, -0.25) is 4.90 Å². The van der Waals surface area contributed by atoms with E-state index < -0.39 is 5.60 Å². The SMILES string of the molecule is C[C@@H]1C=C[C@H](C)C[C@H]1CN1CCC2(CC1)CN(C(=O)OC(C)(C)C)c1ccc(F)cc12. The highest BCUT2D eigenvalue weighted by Crippen LogP contribution is 2.48.